The lowest BCUT2D eigenvalue weighted by molar-refractivity contribution is -0.147. The Morgan fingerprint density at radius 2 is 1.74 bits per heavy atom. The SMILES string of the molecule is CC(=O)OCC(=O)C1CCC(c2ccccc2)CC1. The molecule has 2 rings (SSSR count). The third-order valence-electron chi connectivity index (χ3n) is 3.87. The van der Waals surface area contributed by atoms with E-state index in [1.54, 1.807) is 0 Å². The van der Waals surface area contributed by atoms with E-state index in [0.717, 1.165) is 25.7 Å². The fourth-order valence-corrected chi connectivity index (χ4v) is 2.76. The van der Waals surface area contributed by atoms with Crippen LogP contribution in [0.15, 0.2) is 30.3 Å². The van der Waals surface area contributed by atoms with E-state index in [4.69, 9.17) is 4.74 Å². The van der Waals surface area contributed by atoms with Gasteiger partial charge in [0.05, 0.1) is 0 Å². The molecule has 3 heteroatoms. The highest BCUT2D eigenvalue weighted by Gasteiger charge is 2.27. The molecule has 0 saturated heterocycles. The maximum absolute atomic E-state index is 11.9. The van der Waals surface area contributed by atoms with Crippen molar-refractivity contribution in [2.24, 2.45) is 5.92 Å². The van der Waals surface area contributed by atoms with Crippen LogP contribution in [0.2, 0.25) is 0 Å². The molecular formula is C16H20O3. The van der Waals surface area contributed by atoms with Crippen LogP contribution < -0.4 is 0 Å². The maximum atomic E-state index is 11.9. The zero-order valence-corrected chi connectivity index (χ0v) is 11.3. The van der Waals surface area contributed by atoms with Gasteiger partial charge in [0, 0.05) is 12.8 Å². The Bertz CT molecular complexity index is 431. The van der Waals surface area contributed by atoms with Crippen molar-refractivity contribution in [3.63, 3.8) is 0 Å². The van der Waals surface area contributed by atoms with Crippen LogP contribution in [0.3, 0.4) is 0 Å². The Kier molecular flexibility index (Phi) is 4.72. The Morgan fingerprint density at radius 1 is 1.11 bits per heavy atom. The number of ketones is 1. The molecule has 1 saturated carbocycles. The molecule has 1 aromatic rings. The van der Waals surface area contributed by atoms with Crippen molar-refractivity contribution in [3.05, 3.63) is 35.9 Å². The summed E-state index contributed by atoms with van der Waals surface area (Å²) in [5, 5.41) is 0. The number of carbonyl (C=O) groups is 2. The van der Waals surface area contributed by atoms with Gasteiger partial charge in [0.15, 0.2) is 5.78 Å². The number of hydrogen-bond donors (Lipinski definition) is 0. The van der Waals surface area contributed by atoms with Crippen molar-refractivity contribution in [1.29, 1.82) is 0 Å². The van der Waals surface area contributed by atoms with E-state index in [9.17, 15) is 9.59 Å². The second-order valence-electron chi connectivity index (χ2n) is 5.21. The summed E-state index contributed by atoms with van der Waals surface area (Å²) in [4.78, 5) is 22.6. The van der Waals surface area contributed by atoms with Crippen LogP contribution in [0.1, 0.15) is 44.1 Å². The molecule has 0 radical (unpaired) electrons. The van der Waals surface area contributed by atoms with Gasteiger partial charge in [-0.1, -0.05) is 30.3 Å². The lowest BCUT2D eigenvalue weighted by Gasteiger charge is -2.27. The van der Waals surface area contributed by atoms with Crippen LogP contribution in [-0.4, -0.2) is 18.4 Å². The zero-order chi connectivity index (χ0) is 13.7. The minimum Gasteiger partial charge on any atom is -0.458 e. The van der Waals surface area contributed by atoms with Gasteiger partial charge in [0.25, 0.3) is 0 Å². The van der Waals surface area contributed by atoms with Gasteiger partial charge in [-0.3, -0.25) is 9.59 Å². The van der Waals surface area contributed by atoms with E-state index in [-0.39, 0.29) is 24.3 Å². The van der Waals surface area contributed by atoms with Gasteiger partial charge in [0.1, 0.15) is 6.61 Å². The first kappa shape index (κ1) is 13.8. The van der Waals surface area contributed by atoms with Gasteiger partial charge in [-0.05, 0) is 37.2 Å². The van der Waals surface area contributed by atoms with Crippen LogP contribution in [0.4, 0.5) is 0 Å². The summed E-state index contributed by atoms with van der Waals surface area (Å²) in [5.41, 5.74) is 1.37. The number of Topliss-reactive ketones (excluding diaryl/α,β-unsaturated/α-hetero) is 1. The molecule has 0 spiro atoms. The highest BCUT2D eigenvalue weighted by molar-refractivity contribution is 5.84. The molecular weight excluding hydrogens is 240 g/mol. The van der Waals surface area contributed by atoms with Crippen molar-refractivity contribution in [2.75, 3.05) is 6.61 Å². The summed E-state index contributed by atoms with van der Waals surface area (Å²) in [6.07, 6.45) is 3.89. The number of ether oxygens (including phenoxy) is 1. The molecule has 1 aliphatic carbocycles. The molecule has 0 amide bonds. The van der Waals surface area contributed by atoms with E-state index >= 15 is 0 Å². The quantitative estimate of drug-likeness (QED) is 0.781. The van der Waals surface area contributed by atoms with Crippen LogP contribution in [0.25, 0.3) is 0 Å². The van der Waals surface area contributed by atoms with Gasteiger partial charge in [0.2, 0.25) is 0 Å². The van der Waals surface area contributed by atoms with Crippen LogP contribution >= 0.6 is 0 Å². The molecule has 0 bridgehead atoms. The highest BCUT2D eigenvalue weighted by Crippen LogP contribution is 2.35. The Hall–Kier alpha value is -1.64. The minimum atomic E-state index is -0.383. The third kappa shape index (κ3) is 3.91. The molecule has 102 valence electrons. The number of hydrogen-bond acceptors (Lipinski definition) is 3. The normalized spacial score (nSPS) is 22.8. The third-order valence-corrected chi connectivity index (χ3v) is 3.87. The second kappa shape index (κ2) is 6.50. The first-order valence-corrected chi connectivity index (χ1v) is 6.88. The Balaban J connectivity index is 1.82. The summed E-state index contributed by atoms with van der Waals surface area (Å²) in [6.45, 7) is 1.27. The van der Waals surface area contributed by atoms with Crippen LogP contribution in [0, 0.1) is 5.92 Å². The lowest BCUT2D eigenvalue weighted by Crippen LogP contribution is -2.25. The van der Waals surface area contributed by atoms with Crippen molar-refractivity contribution in [1.82, 2.24) is 0 Å². The molecule has 0 N–H and O–H groups in total. The molecule has 19 heavy (non-hydrogen) atoms. The van der Waals surface area contributed by atoms with Crippen molar-refractivity contribution < 1.29 is 14.3 Å². The molecule has 0 atom stereocenters. The molecule has 0 aromatic heterocycles. The molecule has 0 aliphatic heterocycles. The second-order valence-corrected chi connectivity index (χ2v) is 5.21. The number of esters is 1. The molecule has 1 fully saturated rings. The van der Waals surface area contributed by atoms with E-state index in [1.165, 1.54) is 12.5 Å². The summed E-state index contributed by atoms with van der Waals surface area (Å²) in [5.74, 6) is 0.325. The van der Waals surface area contributed by atoms with Gasteiger partial charge >= 0.3 is 5.97 Å². The predicted molar refractivity (Wildman–Crippen MR) is 72.8 cm³/mol. The minimum absolute atomic E-state index is 0.0595. The number of rotatable bonds is 4. The van der Waals surface area contributed by atoms with Crippen molar-refractivity contribution in [2.45, 2.75) is 38.5 Å². The largest absolute Gasteiger partial charge is 0.458 e. The van der Waals surface area contributed by atoms with Gasteiger partial charge < -0.3 is 4.74 Å². The van der Waals surface area contributed by atoms with Gasteiger partial charge in [-0.2, -0.15) is 0 Å². The van der Waals surface area contributed by atoms with Gasteiger partial charge in [-0.25, -0.2) is 0 Å². The van der Waals surface area contributed by atoms with E-state index < -0.39 is 0 Å². The van der Waals surface area contributed by atoms with Gasteiger partial charge in [-0.15, -0.1) is 0 Å². The molecule has 1 aliphatic rings. The first-order valence-electron chi connectivity index (χ1n) is 6.88. The molecule has 3 nitrogen and oxygen atoms in total. The van der Waals surface area contributed by atoms with Crippen molar-refractivity contribution >= 4 is 11.8 Å². The molecule has 0 heterocycles. The topological polar surface area (TPSA) is 43.4 Å². The van der Waals surface area contributed by atoms with Crippen molar-refractivity contribution in [3.8, 4) is 0 Å². The smallest absolute Gasteiger partial charge is 0.303 e. The van der Waals surface area contributed by atoms with E-state index in [1.807, 2.05) is 6.07 Å². The predicted octanol–water partition coefficient (Wildman–Crippen LogP) is 3.09. The molecule has 1 aromatic carbocycles. The van der Waals surface area contributed by atoms with Crippen LogP contribution in [0.5, 0.6) is 0 Å². The average Bonchev–Trinajstić information content (AvgIpc) is 2.46. The van der Waals surface area contributed by atoms with E-state index in [2.05, 4.69) is 24.3 Å². The summed E-state index contributed by atoms with van der Waals surface area (Å²) in [6, 6.07) is 10.5. The Morgan fingerprint density at radius 3 is 2.32 bits per heavy atom. The number of carbonyl (C=O) groups excluding carboxylic acids is 2. The fourth-order valence-electron chi connectivity index (χ4n) is 2.76. The summed E-state index contributed by atoms with van der Waals surface area (Å²) in [7, 11) is 0. The highest BCUT2D eigenvalue weighted by atomic mass is 16.5. The number of benzene rings is 1. The molecule has 0 unspecified atom stereocenters. The first-order chi connectivity index (χ1) is 9.16. The summed E-state index contributed by atoms with van der Waals surface area (Å²) >= 11 is 0. The van der Waals surface area contributed by atoms with E-state index in [0.29, 0.717) is 5.92 Å². The Labute approximate surface area is 114 Å². The van der Waals surface area contributed by atoms with Crippen LogP contribution in [-0.2, 0) is 14.3 Å². The fraction of sp³-hybridized carbons (Fsp3) is 0.500. The summed E-state index contributed by atoms with van der Waals surface area (Å²) < 4.78 is 4.78. The lowest BCUT2D eigenvalue weighted by atomic mass is 9.77. The standard InChI is InChI=1S/C16H20O3/c1-12(17)19-11-16(18)15-9-7-14(8-10-15)13-5-3-2-4-6-13/h2-6,14-15H,7-11H2,1H3. The maximum Gasteiger partial charge on any atom is 0.303 e. The zero-order valence-electron chi connectivity index (χ0n) is 11.3. The monoisotopic (exact) mass is 260 g/mol. The average molecular weight is 260 g/mol.